The van der Waals surface area contributed by atoms with Crippen molar-refractivity contribution in [2.45, 2.75) is 34.1 Å². The molecule has 0 saturated carbocycles. The van der Waals surface area contributed by atoms with E-state index in [1.165, 1.54) is 6.42 Å². The van der Waals surface area contributed by atoms with E-state index in [0.29, 0.717) is 5.69 Å². The van der Waals surface area contributed by atoms with E-state index in [1.54, 1.807) is 23.7 Å². The number of hydrogen-bond acceptors (Lipinski definition) is 2. The van der Waals surface area contributed by atoms with Crippen LogP contribution in [0.4, 0.5) is 0 Å². The molecule has 3 rings (SSSR count). The van der Waals surface area contributed by atoms with Gasteiger partial charge in [0.1, 0.15) is 11.4 Å². The summed E-state index contributed by atoms with van der Waals surface area (Å²) in [6.45, 7) is 7.85. The quantitative estimate of drug-likeness (QED) is 0.619. The third kappa shape index (κ3) is 5.86. The van der Waals surface area contributed by atoms with Gasteiger partial charge in [-0.05, 0) is 32.0 Å². The summed E-state index contributed by atoms with van der Waals surface area (Å²) in [5.74, 6) is 2.47. The number of benzene rings is 2. The monoisotopic (exact) mass is 334 g/mol. The Hall–Kier alpha value is -2.99. The van der Waals surface area contributed by atoms with E-state index in [-0.39, 0.29) is 5.75 Å². The number of phenols is 1. The highest BCUT2D eigenvalue weighted by molar-refractivity contribution is 5.64. The summed E-state index contributed by atoms with van der Waals surface area (Å²) in [6, 6.07) is 19.3. The van der Waals surface area contributed by atoms with Crippen molar-refractivity contribution in [1.82, 2.24) is 9.78 Å². The fourth-order valence-corrected chi connectivity index (χ4v) is 2.14. The van der Waals surface area contributed by atoms with Crippen LogP contribution in [0.25, 0.3) is 16.9 Å². The minimum Gasteiger partial charge on any atom is -0.506 e. The summed E-state index contributed by atoms with van der Waals surface area (Å²) in [5.41, 5.74) is 3.66. The first-order chi connectivity index (χ1) is 12.1. The maximum atomic E-state index is 9.98. The number of aromatic nitrogens is 2. The summed E-state index contributed by atoms with van der Waals surface area (Å²) in [6.07, 6.45) is 5.85. The van der Waals surface area contributed by atoms with E-state index in [2.05, 4.69) is 31.3 Å². The summed E-state index contributed by atoms with van der Waals surface area (Å²) in [7, 11) is 0. The van der Waals surface area contributed by atoms with Crippen LogP contribution in [-0.4, -0.2) is 14.9 Å². The second kappa shape index (κ2) is 10.7. The van der Waals surface area contributed by atoms with Gasteiger partial charge in [0, 0.05) is 5.56 Å². The van der Waals surface area contributed by atoms with Gasteiger partial charge in [0.2, 0.25) is 0 Å². The van der Waals surface area contributed by atoms with E-state index < -0.39 is 0 Å². The number of aryl methyl sites for hydroxylation is 1. The van der Waals surface area contributed by atoms with Crippen LogP contribution in [0.1, 0.15) is 32.9 Å². The number of aromatic hydroxyl groups is 1. The Morgan fingerprint density at radius 3 is 2.12 bits per heavy atom. The largest absolute Gasteiger partial charge is 0.506 e. The first-order valence-corrected chi connectivity index (χ1v) is 8.36. The van der Waals surface area contributed by atoms with Gasteiger partial charge in [-0.25, -0.2) is 4.68 Å². The topological polar surface area (TPSA) is 38.0 Å². The third-order valence-corrected chi connectivity index (χ3v) is 3.01. The fourth-order valence-electron chi connectivity index (χ4n) is 2.14. The molecule has 130 valence electrons. The van der Waals surface area contributed by atoms with Crippen molar-refractivity contribution in [2.75, 3.05) is 0 Å². The number of para-hydroxylation sites is 2. The summed E-state index contributed by atoms with van der Waals surface area (Å²) >= 11 is 0. The molecule has 2 aromatic carbocycles. The average Bonchev–Trinajstić information content (AvgIpc) is 2.99. The molecular weight excluding hydrogens is 308 g/mol. The Morgan fingerprint density at radius 2 is 1.56 bits per heavy atom. The van der Waals surface area contributed by atoms with Crippen LogP contribution in [-0.2, 0) is 0 Å². The van der Waals surface area contributed by atoms with Crippen molar-refractivity contribution in [3.63, 3.8) is 0 Å². The zero-order chi connectivity index (χ0) is 18.7. The van der Waals surface area contributed by atoms with Gasteiger partial charge in [-0.1, -0.05) is 62.7 Å². The van der Waals surface area contributed by atoms with Crippen LogP contribution in [0.15, 0.2) is 60.7 Å². The standard InChI is InChI=1S/C16H14N2O.C3H8.C3H4/c1-12-11-15(13-7-3-2-4-8-13)18(17-12)14-9-5-6-10-16(14)19;2*1-3-2/h2-11,19H,1H3;3H2,1-2H3;1H,2H3. The number of hydrogen-bond donors (Lipinski definition) is 1. The van der Waals surface area contributed by atoms with Crippen LogP contribution < -0.4 is 0 Å². The second-order valence-electron chi connectivity index (χ2n) is 5.43. The normalized spacial score (nSPS) is 9.08. The maximum absolute atomic E-state index is 9.98. The number of rotatable bonds is 2. The average molecular weight is 334 g/mol. The van der Waals surface area contributed by atoms with Crippen molar-refractivity contribution < 1.29 is 5.11 Å². The SMILES string of the molecule is C#CC.CCC.Cc1cc(-c2ccccc2)n(-c2ccccc2O)n1. The lowest BCUT2D eigenvalue weighted by Crippen LogP contribution is -1.99. The summed E-state index contributed by atoms with van der Waals surface area (Å²) < 4.78 is 1.78. The smallest absolute Gasteiger partial charge is 0.141 e. The first-order valence-electron chi connectivity index (χ1n) is 8.36. The van der Waals surface area contributed by atoms with Gasteiger partial charge in [-0.15, -0.1) is 12.3 Å². The Balaban J connectivity index is 0.000000460. The van der Waals surface area contributed by atoms with Crippen molar-refractivity contribution in [3.05, 3.63) is 66.4 Å². The van der Waals surface area contributed by atoms with Crippen LogP contribution in [0.3, 0.4) is 0 Å². The summed E-state index contributed by atoms with van der Waals surface area (Å²) in [5, 5.41) is 14.5. The van der Waals surface area contributed by atoms with Gasteiger partial charge in [0.25, 0.3) is 0 Å². The highest BCUT2D eigenvalue weighted by Gasteiger charge is 2.11. The van der Waals surface area contributed by atoms with Crippen LogP contribution in [0, 0.1) is 19.3 Å². The minimum absolute atomic E-state index is 0.225. The molecule has 1 aromatic heterocycles. The molecule has 0 aliphatic carbocycles. The molecule has 3 nitrogen and oxygen atoms in total. The van der Waals surface area contributed by atoms with Gasteiger partial charge >= 0.3 is 0 Å². The Kier molecular flexibility index (Phi) is 8.60. The van der Waals surface area contributed by atoms with E-state index in [4.69, 9.17) is 0 Å². The predicted octanol–water partition coefficient (Wildman–Crippen LogP) is 5.61. The van der Waals surface area contributed by atoms with Crippen LogP contribution >= 0.6 is 0 Å². The molecule has 0 radical (unpaired) electrons. The van der Waals surface area contributed by atoms with E-state index in [1.807, 2.05) is 55.5 Å². The molecule has 0 saturated heterocycles. The number of nitrogens with zero attached hydrogens (tertiary/aromatic N) is 2. The molecule has 0 aliphatic heterocycles. The third-order valence-electron chi connectivity index (χ3n) is 3.01. The number of phenolic OH excluding ortho intramolecular Hbond substituents is 1. The highest BCUT2D eigenvalue weighted by atomic mass is 16.3. The molecule has 1 N–H and O–H groups in total. The van der Waals surface area contributed by atoms with Gasteiger partial charge in [0.15, 0.2) is 0 Å². The molecule has 1 heterocycles. The molecule has 0 unspecified atom stereocenters. The lowest BCUT2D eigenvalue weighted by molar-refractivity contribution is 0.470. The predicted molar refractivity (Wildman–Crippen MR) is 106 cm³/mol. The lowest BCUT2D eigenvalue weighted by atomic mass is 10.1. The van der Waals surface area contributed by atoms with Gasteiger partial charge in [-0.2, -0.15) is 5.10 Å². The lowest BCUT2D eigenvalue weighted by Gasteiger charge is -2.09. The molecule has 0 spiro atoms. The van der Waals surface area contributed by atoms with Crippen molar-refractivity contribution in [2.24, 2.45) is 0 Å². The zero-order valence-corrected chi connectivity index (χ0v) is 15.4. The zero-order valence-electron chi connectivity index (χ0n) is 15.4. The molecule has 0 bridgehead atoms. The fraction of sp³-hybridized carbons (Fsp3) is 0.227. The van der Waals surface area contributed by atoms with E-state index >= 15 is 0 Å². The van der Waals surface area contributed by atoms with Gasteiger partial charge in [0.05, 0.1) is 11.4 Å². The molecular formula is C22H26N2O. The Bertz CT molecular complexity index is 798. The second-order valence-corrected chi connectivity index (χ2v) is 5.43. The van der Waals surface area contributed by atoms with Crippen molar-refractivity contribution >= 4 is 0 Å². The molecule has 0 fully saturated rings. The molecule has 0 amide bonds. The number of terminal acetylenes is 1. The van der Waals surface area contributed by atoms with Crippen LogP contribution in [0.5, 0.6) is 5.75 Å². The van der Waals surface area contributed by atoms with E-state index in [9.17, 15) is 5.11 Å². The molecule has 3 heteroatoms. The first kappa shape index (κ1) is 20.1. The molecule has 0 atom stereocenters. The van der Waals surface area contributed by atoms with Gasteiger partial charge in [-0.3, -0.25) is 0 Å². The van der Waals surface area contributed by atoms with Crippen molar-refractivity contribution in [1.29, 1.82) is 0 Å². The van der Waals surface area contributed by atoms with Crippen LogP contribution in [0.2, 0.25) is 0 Å². The summed E-state index contributed by atoms with van der Waals surface area (Å²) in [4.78, 5) is 0. The van der Waals surface area contributed by atoms with E-state index in [0.717, 1.165) is 17.0 Å². The Morgan fingerprint density at radius 1 is 1.04 bits per heavy atom. The van der Waals surface area contributed by atoms with Gasteiger partial charge < -0.3 is 5.11 Å². The highest BCUT2D eigenvalue weighted by Crippen LogP contribution is 2.27. The molecule has 0 aliphatic rings. The van der Waals surface area contributed by atoms with Crippen molar-refractivity contribution in [3.8, 4) is 35.0 Å². The molecule has 3 aromatic rings. The minimum atomic E-state index is 0.225. The molecule has 25 heavy (non-hydrogen) atoms. The maximum Gasteiger partial charge on any atom is 0.141 e. The Labute approximate surface area is 151 Å².